The highest BCUT2D eigenvalue weighted by Crippen LogP contribution is 2.09. The Balaban J connectivity index is 2.30. The lowest BCUT2D eigenvalue weighted by molar-refractivity contribution is 0.681. The molecule has 1 aliphatic heterocycles. The summed E-state index contributed by atoms with van der Waals surface area (Å²) in [5.74, 6) is 0.753. The molecule has 9 heavy (non-hydrogen) atoms. The lowest BCUT2D eigenvalue weighted by Gasteiger charge is -2.01. The van der Waals surface area contributed by atoms with Crippen molar-refractivity contribution in [1.29, 1.82) is 0 Å². The summed E-state index contributed by atoms with van der Waals surface area (Å²) in [6, 6.07) is 0. The van der Waals surface area contributed by atoms with Crippen molar-refractivity contribution in [2.24, 2.45) is 10.9 Å². The number of allylic oxidation sites excluding steroid dienone is 1. The van der Waals surface area contributed by atoms with Gasteiger partial charge in [0.05, 0.1) is 0 Å². The summed E-state index contributed by atoms with van der Waals surface area (Å²) >= 11 is 0. The minimum atomic E-state index is 0.753. The van der Waals surface area contributed by atoms with Crippen LogP contribution in [0.25, 0.3) is 0 Å². The molecule has 0 amide bonds. The number of rotatable bonds is 2. The Morgan fingerprint density at radius 1 is 1.67 bits per heavy atom. The van der Waals surface area contributed by atoms with Crippen LogP contribution in [-0.4, -0.2) is 5.71 Å². The van der Waals surface area contributed by atoms with Gasteiger partial charge in [-0.2, -0.15) is 0 Å². The predicted octanol–water partition coefficient (Wildman–Crippen LogP) is 2.39. The van der Waals surface area contributed by atoms with E-state index < -0.39 is 0 Å². The van der Waals surface area contributed by atoms with Gasteiger partial charge in [-0.05, 0) is 12.3 Å². The van der Waals surface area contributed by atoms with E-state index in [1.54, 1.807) is 0 Å². The standard InChI is InChI=1S/C8H13N/c1-7(2)6-8-4-3-5-9-8/h3,5,7H,4,6H2,1-2H3. The van der Waals surface area contributed by atoms with Crippen LogP contribution in [0.4, 0.5) is 0 Å². The van der Waals surface area contributed by atoms with E-state index >= 15 is 0 Å². The molecule has 1 heteroatoms. The summed E-state index contributed by atoms with van der Waals surface area (Å²) in [5.41, 5.74) is 1.34. The van der Waals surface area contributed by atoms with E-state index in [1.165, 1.54) is 5.71 Å². The summed E-state index contributed by atoms with van der Waals surface area (Å²) in [7, 11) is 0. The summed E-state index contributed by atoms with van der Waals surface area (Å²) < 4.78 is 0. The smallest absolute Gasteiger partial charge is 0.0231 e. The molecule has 0 saturated heterocycles. The summed E-state index contributed by atoms with van der Waals surface area (Å²) in [5, 5.41) is 0. The monoisotopic (exact) mass is 123 g/mol. The van der Waals surface area contributed by atoms with Crippen LogP contribution in [0.15, 0.2) is 17.3 Å². The summed E-state index contributed by atoms with van der Waals surface area (Å²) in [6.45, 7) is 4.45. The number of hydrogen-bond acceptors (Lipinski definition) is 1. The molecule has 0 atom stereocenters. The summed E-state index contributed by atoms with van der Waals surface area (Å²) in [4.78, 5) is 4.21. The van der Waals surface area contributed by atoms with Crippen molar-refractivity contribution in [1.82, 2.24) is 0 Å². The normalized spacial score (nSPS) is 17.0. The topological polar surface area (TPSA) is 12.4 Å². The Bertz CT molecular complexity index is 143. The third-order valence-corrected chi connectivity index (χ3v) is 1.36. The lowest BCUT2D eigenvalue weighted by atomic mass is 10.1. The van der Waals surface area contributed by atoms with Gasteiger partial charge in [0.2, 0.25) is 0 Å². The molecule has 50 valence electrons. The second-order valence-electron chi connectivity index (χ2n) is 2.88. The zero-order valence-corrected chi connectivity index (χ0v) is 6.09. The number of nitrogens with zero attached hydrogens (tertiary/aromatic N) is 1. The van der Waals surface area contributed by atoms with Crippen molar-refractivity contribution in [3.63, 3.8) is 0 Å². The van der Waals surface area contributed by atoms with Crippen molar-refractivity contribution in [3.8, 4) is 0 Å². The van der Waals surface area contributed by atoms with E-state index in [-0.39, 0.29) is 0 Å². The van der Waals surface area contributed by atoms with Crippen molar-refractivity contribution < 1.29 is 0 Å². The minimum absolute atomic E-state index is 0.753. The maximum absolute atomic E-state index is 4.21. The number of aliphatic imine (C=N–C) groups is 1. The molecule has 1 heterocycles. The molecule has 0 bridgehead atoms. The van der Waals surface area contributed by atoms with Crippen LogP contribution in [-0.2, 0) is 0 Å². The Morgan fingerprint density at radius 2 is 2.44 bits per heavy atom. The molecule has 0 N–H and O–H groups in total. The van der Waals surface area contributed by atoms with E-state index in [9.17, 15) is 0 Å². The fourth-order valence-electron chi connectivity index (χ4n) is 1.01. The van der Waals surface area contributed by atoms with Crippen LogP contribution < -0.4 is 0 Å². The average Bonchev–Trinajstić information content (AvgIpc) is 2.15. The van der Waals surface area contributed by atoms with E-state index in [4.69, 9.17) is 0 Å². The highest BCUT2D eigenvalue weighted by molar-refractivity contribution is 5.88. The number of hydrogen-bond donors (Lipinski definition) is 0. The fraction of sp³-hybridized carbons (Fsp3) is 0.625. The van der Waals surface area contributed by atoms with Gasteiger partial charge in [0.15, 0.2) is 0 Å². The third kappa shape index (κ3) is 2.00. The van der Waals surface area contributed by atoms with Gasteiger partial charge in [-0.3, -0.25) is 4.99 Å². The van der Waals surface area contributed by atoms with Crippen LogP contribution in [0.2, 0.25) is 0 Å². The van der Waals surface area contributed by atoms with Gasteiger partial charge >= 0.3 is 0 Å². The lowest BCUT2D eigenvalue weighted by Crippen LogP contribution is -1.98. The van der Waals surface area contributed by atoms with Gasteiger partial charge in [-0.1, -0.05) is 19.9 Å². The fourth-order valence-corrected chi connectivity index (χ4v) is 1.01. The van der Waals surface area contributed by atoms with Crippen LogP contribution in [0.5, 0.6) is 0 Å². The first-order valence-corrected chi connectivity index (χ1v) is 3.49. The van der Waals surface area contributed by atoms with Gasteiger partial charge in [0.25, 0.3) is 0 Å². The Kier molecular flexibility index (Phi) is 2.04. The van der Waals surface area contributed by atoms with Gasteiger partial charge in [-0.15, -0.1) is 0 Å². The van der Waals surface area contributed by atoms with Crippen LogP contribution in [0.1, 0.15) is 26.7 Å². The Morgan fingerprint density at radius 3 is 2.89 bits per heavy atom. The first kappa shape index (κ1) is 6.53. The van der Waals surface area contributed by atoms with Crippen molar-refractivity contribution in [2.75, 3.05) is 0 Å². The van der Waals surface area contributed by atoms with Crippen LogP contribution in [0.3, 0.4) is 0 Å². The van der Waals surface area contributed by atoms with Crippen LogP contribution in [0, 0.1) is 5.92 Å². The first-order valence-electron chi connectivity index (χ1n) is 3.49. The quantitative estimate of drug-likeness (QED) is 0.534. The molecule has 0 aliphatic carbocycles. The zero-order valence-electron chi connectivity index (χ0n) is 6.09. The molecule has 1 nitrogen and oxygen atoms in total. The van der Waals surface area contributed by atoms with Crippen molar-refractivity contribution in [3.05, 3.63) is 12.3 Å². The van der Waals surface area contributed by atoms with E-state index in [0.29, 0.717) is 0 Å². The van der Waals surface area contributed by atoms with E-state index in [0.717, 1.165) is 18.8 Å². The van der Waals surface area contributed by atoms with E-state index in [1.807, 2.05) is 6.20 Å². The van der Waals surface area contributed by atoms with Gasteiger partial charge < -0.3 is 0 Å². The Hall–Kier alpha value is -0.590. The van der Waals surface area contributed by atoms with Crippen molar-refractivity contribution in [2.45, 2.75) is 26.7 Å². The molecular weight excluding hydrogens is 110 g/mol. The van der Waals surface area contributed by atoms with Gasteiger partial charge in [0.1, 0.15) is 0 Å². The predicted molar refractivity (Wildman–Crippen MR) is 40.6 cm³/mol. The molecule has 0 aromatic carbocycles. The molecule has 0 aromatic heterocycles. The van der Waals surface area contributed by atoms with Crippen LogP contribution >= 0.6 is 0 Å². The largest absolute Gasteiger partial charge is 0.266 e. The first-order chi connectivity index (χ1) is 4.29. The molecule has 0 unspecified atom stereocenters. The molecule has 0 fully saturated rings. The molecule has 1 aliphatic rings. The molecule has 0 spiro atoms. The summed E-state index contributed by atoms with van der Waals surface area (Å²) in [6.07, 6.45) is 6.25. The molecular formula is C8H13N. The SMILES string of the molecule is CC(C)CC1=NC=CC1. The maximum Gasteiger partial charge on any atom is 0.0231 e. The van der Waals surface area contributed by atoms with Gasteiger partial charge in [-0.25, -0.2) is 0 Å². The minimum Gasteiger partial charge on any atom is -0.266 e. The maximum atomic E-state index is 4.21. The van der Waals surface area contributed by atoms with Crippen molar-refractivity contribution >= 4 is 5.71 Å². The van der Waals surface area contributed by atoms with Gasteiger partial charge in [0, 0.05) is 18.3 Å². The third-order valence-electron chi connectivity index (χ3n) is 1.36. The highest BCUT2D eigenvalue weighted by Gasteiger charge is 2.02. The molecule has 0 radical (unpaired) electrons. The van der Waals surface area contributed by atoms with E-state index in [2.05, 4.69) is 24.9 Å². The zero-order chi connectivity index (χ0) is 6.69. The average molecular weight is 123 g/mol. The molecule has 0 aromatic rings. The molecule has 1 rings (SSSR count). The highest BCUT2D eigenvalue weighted by atomic mass is 14.7. The Labute approximate surface area is 56.5 Å². The second kappa shape index (κ2) is 2.81. The second-order valence-corrected chi connectivity index (χ2v) is 2.88. The molecule has 0 saturated carbocycles.